The lowest BCUT2D eigenvalue weighted by Crippen LogP contribution is -2.15. The van der Waals surface area contributed by atoms with Gasteiger partial charge in [-0.15, -0.1) is 0 Å². The van der Waals surface area contributed by atoms with Crippen LogP contribution in [0.3, 0.4) is 0 Å². The zero-order valence-electron chi connectivity index (χ0n) is 9.10. The molecule has 0 aliphatic heterocycles. The molecule has 0 unspecified atom stereocenters. The number of aromatic nitrogens is 4. The van der Waals surface area contributed by atoms with E-state index < -0.39 is 0 Å². The summed E-state index contributed by atoms with van der Waals surface area (Å²) in [6.45, 7) is 4.09. The van der Waals surface area contributed by atoms with Crippen molar-refractivity contribution >= 4 is 11.2 Å². The smallest absolute Gasteiger partial charge is 0.279 e. The molecule has 1 N–H and O–H groups in total. The summed E-state index contributed by atoms with van der Waals surface area (Å²) in [5, 5.41) is 0. The first kappa shape index (κ1) is 10.7. The van der Waals surface area contributed by atoms with E-state index >= 15 is 0 Å². The van der Waals surface area contributed by atoms with E-state index in [1.54, 1.807) is 0 Å². The Morgan fingerprint density at radius 1 is 1.38 bits per heavy atom. The molecule has 2 aromatic heterocycles. The molecule has 2 aromatic rings. The fraction of sp³-hybridized carbons (Fsp3) is 0.400. The molecular weight excluding hydrogens is 208 g/mol. The Morgan fingerprint density at radius 3 is 2.88 bits per heavy atom. The van der Waals surface area contributed by atoms with E-state index in [9.17, 15) is 4.79 Å². The maximum absolute atomic E-state index is 11.6. The number of aromatic amines is 1. The number of fused-ring (bicyclic) bond motifs is 1. The molecule has 0 atom stereocenters. The summed E-state index contributed by atoms with van der Waals surface area (Å²) < 4.78 is 5.35. The first-order valence-electron chi connectivity index (χ1n) is 4.98. The summed E-state index contributed by atoms with van der Waals surface area (Å²) in [5.41, 5.74) is 0.296. The molecule has 0 bridgehead atoms. The normalized spacial score (nSPS) is 11.2. The maximum atomic E-state index is 11.6. The molecule has 0 saturated carbocycles. The Balaban J connectivity index is 2.38. The van der Waals surface area contributed by atoms with Gasteiger partial charge in [-0.3, -0.25) is 4.79 Å². The molecule has 2 heterocycles. The van der Waals surface area contributed by atoms with Crippen molar-refractivity contribution in [3.63, 3.8) is 0 Å². The number of nitrogens with zero attached hydrogens (tertiary/aromatic N) is 3. The highest BCUT2D eigenvalue weighted by atomic mass is 16.5. The van der Waals surface area contributed by atoms with Gasteiger partial charge in [0.05, 0.1) is 6.10 Å². The fourth-order valence-corrected chi connectivity index (χ4v) is 1.23. The van der Waals surface area contributed by atoms with E-state index in [4.69, 9.17) is 4.74 Å². The first-order chi connectivity index (χ1) is 7.66. The van der Waals surface area contributed by atoms with Gasteiger partial charge in [0.2, 0.25) is 0 Å². The van der Waals surface area contributed by atoms with Crippen LogP contribution in [0.25, 0.3) is 11.2 Å². The van der Waals surface area contributed by atoms with Gasteiger partial charge >= 0.3 is 0 Å². The standard InChI is InChI=1S/C10H12N4O2/c1-6(2)16-5-7-13-9-8(10(15)14-7)11-3-4-12-9/h3-4,6H,5H2,1-2H3,(H,12,13,14,15). The molecular formula is C10H12N4O2. The lowest BCUT2D eigenvalue weighted by molar-refractivity contribution is 0.0613. The van der Waals surface area contributed by atoms with Crippen molar-refractivity contribution in [1.29, 1.82) is 0 Å². The summed E-state index contributed by atoms with van der Waals surface area (Å²) in [7, 11) is 0. The van der Waals surface area contributed by atoms with Crippen LogP contribution in [0.15, 0.2) is 17.2 Å². The van der Waals surface area contributed by atoms with E-state index in [-0.39, 0.29) is 23.8 Å². The number of hydrogen-bond donors (Lipinski definition) is 1. The van der Waals surface area contributed by atoms with Gasteiger partial charge in [0, 0.05) is 12.4 Å². The third-order valence-electron chi connectivity index (χ3n) is 1.95. The summed E-state index contributed by atoms with van der Waals surface area (Å²) in [6.07, 6.45) is 3.05. The summed E-state index contributed by atoms with van der Waals surface area (Å²) in [6, 6.07) is 0. The van der Waals surface area contributed by atoms with Gasteiger partial charge in [-0.1, -0.05) is 0 Å². The second kappa shape index (κ2) is 4.36. The fourth-order valence-electron chi connectivity index (χ4n) is 1.23. The molecule has 0 amide bonds. The van der Waals surface area contributed by atoms with Crippen molar-refractivity contribution in [2.75, 3.05) is 0 Å². The molecule has 0 aliphatic rings. The molecule has 6 nitrogen and oxygen atoms in total. The number of nitrogens with one attached hydrogen (secondary N) is 1. The van der Waals surface area contributed by atoms with Crippen LogP contribution in [0.5, 0.6) is 0 Å². The minimum atomic E-state index is -0.291. The molecule has 0 aromatic carbocycles. The zero-order chi connectivity index (χ0) is 11.5. The highest BCUT2D eigenvalue weighted by molar-refractivity contribution is 5.67. The summed E-state index contributed by atoms with van der Waals surface area (Å²) in [4.78, 5) is 26.2. The minimum Gasteiger partial charge on any atom is -0.371 e. The summed E-state index contributed by atoms with van der Waals surface area (Å²) >= 11 is 0. The average Bonchev–Trinajstić information content (AvgIpc) is 2.26. The molecule has 0 spiro atoms. The van der Waals surface area contributed by atoms with Gasteiger partial charge in [0.15, 0.2) is 11.2 Å². The third-order valence-corrected chi connectivity index (χ3v) is 1.95. The zero-order valence-corrected chi connectivity index (χ0v) is 9.10. The van der Waals surface area contributed by atoms with Crippen molar-refractivity contribution in [2.24, 2.45) is 0 Å². The monoisotopic (exact) mass is 220 g/mol. The van der Waals surface area contributed by atoms with Crippen LogP contribution in [0, 0.1) is 0 Å². The average molecular weight is 220 g/mol. The minimum absolute atomic E-state index is 0.0860. The van der Waals surface area contributed by atoms with Crippen molar-refractivity contribution in [1.82, 2.24) is 19.9 Å². The summed E-state index contributed by atoms with van der Waals surface area (Å²) in [5.74, 6) is 0.465. The van der Waals surface area contributed by atoms with E-state index in [2.05, 4.69) is 19.9 Å². The maximum Gasteiger partial charge on any atom is 0.279 e. The predicted octanol–water partition coefficient (Wildman–Crippen LogP) is 0.638. The second-order valence-corrected chi connectivity index (χ2v) is 3.60. The van der Waals surface area contributed by atoms with Crippen LogP contribution in [0.1, 0.15) is 19.7 Å². The molecule has 16 heavy (non-hydrogen) atoms. The Kier molecular flexibility index (Phi) is 2.91. The van der Waals surface area contributed by atoms with E-state index in [0.717, 1.165) is 0 Å². The SMILES string of the molecule is CC(C)OCc1nc2nccnc2c(=O)[nH]1. The van der Waals surface area contributed by atoms with Crippen LogP contribution in [0.2, 0.25) is 0 Å². The van der Waals surface area contributed by atoms with Crippen molar-refractivity contribution in [2.45, 2.75) is 26.6 Å². The van der Waals surface area contributed by atoms with Gasteiger partial charge in [-0.25, -0.2) is 15.0 Å². The van der Waals surface area contributed by atoms with Crippen LogP contribution in [-0.4, -0.2) is 26.0 Å². The first-order valence-corrected chi connectivity index (χ1v) is 4.98. The molecule has 6 heteroatoms. The van der Waals surface area contributed by atoms with E-state index in [1.165, 1.54) is 12.4 Å². The Labute approximate surface area is 91.7 Å². The van der Waals surface area contributed by atoms with Crippen LogP contribution >= 0.6 is 0 Å². The molecule has 0 fully saturated rings. The van der Waals surface area contributed by atoms with E-state index in [1.807, 2.05) is 13.8 Å². The van der Waals surface area contributed by atoms with Crippen LogP contribution < -0.4 is 5.56 Å². The van der Waals surface area contributed by atoms with Gasteiger partial charge in [-0.05, 0) is 13.8 Å². The molecule has 0 radical (unpaired) electrons. The Bertz CT molecular complexity index is 550. The largest absolute Gasteiger partial charge is 0.371 e. The van der Waals surface area contributed by atoms with Crippen molar-refractivity contribution in [3.8, 4) is 0 Å². The van der Waals surface area contributed by atoms with Crippen LogP contribution in [-0.2, 0) is 11.3 Å². The Morgan fingerprint density at radius 2 is 2.12 bits per heavy atom. The lowest BCUT2D eigenvalue weighted by Gasteiger charge is -2.06. The number of hydrogen-bond acceptors (Lipinski definition) is 5. The lowest BCUT2D eigenvalue weighted by atomic mass is 10.4. The molecule has 2 rings (SSSR count). The van der Waals surface area contributed by atoms with Gasteiger partial charge in [0.1, 0.15) is 12.4 Å². The number of rotatable bonds is 3. The number of ether oxygens (including phenoxy) is 1. The van der Waals surface area contributed by atoms with Crippen molar-refractivity contribution in [3.05, 3.63) is 28.6 Å². The molecule has 0 saturated heterocycles. The van der Waals surface area contributed by atoms with Gasteiger partial charge < -0.3 is 9.72 Å². The highest BCUT2D eigenvalue weighted by Crippen LogP contribution is 2.01. The molecule has 84 valence electrons. The van der Waals surface area contributed by atoms with Crippen molar-refractivity contribution < 1.29 is 4.74 Å². The van der Waals surface area contributed by atoms with Gasteiger partial charge in [-0.2, -0.15) is 0 Å². The van der Waals surface area contributed by atoms with E-state index in [0.29, 0.717) is 11.5 Å². The highest BCUT2D eigenvalue weighted by Gasteiger charge is 2.05. The number of H-pyrrole nitrogens is 1. The Hall–Kier alpha value is -1.82. The predicted molar refractivity (Wildman–Crippen MR) is 57.9 cm³/mol. The quantitative estimate of drug-likeness (QED) is 0.820. The third kappa shape index (κ3) is 2.22. The topological polar surface area (TPSA) is 80.8 Å². The van der Waals surface area contributed by atoms with Gasteiger partial charge in [0.25, 0.3) is 5.56 Å². The second-order valence-electron chi connectivity index (χ2n) is 3.60. The van der Waals surface area contributed by atoms with Crippen LogP contribution in [0.4, 0.5) is 0 Å². The molecule has 0 aliphatic carbocycles.